The van der Waals surface area contributed by atoms with Crippen molar-refractivity contribution in [1.82, 2.24) is 4.57 Å². The third-order valence-corrected chi connectivity index (χ3v) is 4.33. The molecule has 6 heteroatoms. The Morgan fingerprint density at radius 3 is 2.00 bits per heavy atom. The maximum absolute atomic E-state index is 12.6. The summed E-state index contributed by atoms with van der Waals surface area (Å²) >= 11 is 5.98. The maximum atomic E-state index is 12.6. The van der Waals surface area contributed by atoms with E-state index in [2.05, 4.69) is 12.8 Å². The number of carbonyl (C=O) groups excluding carboxylic acids is 1. The molecule has 0 radical (unpaired) electrons. The third kappa shape index (κ3) is 8.32. The smallest absolute Gasteiger partial charge is 0.258 e. The lowest BCUT2D eigenvalue weighted by atomic mass is 9.95. The van der Waals surface area contributed by atoms with E-state index in [1.165, 1.54) is 0 Å². The highest BCUT2D eigenvalue weighted by Crippen LogP contribution is 2.31. The second-order valence-corrected chi connectivity index (χ2v) is 8.22. The number of hydrogen-bond donors (Lipinski definition) is 2. The molecule has 3 rings (SSSR count). The van der Waals surface area contributed by atoms with Crippen LogP contribution >= 0.6 is 11.6 Å². The van der Waals surface area contributed by atoms with Gasteiger partial charge in [-0.25, -0.2) is 0 Å². The van der Waals surface area contributed by atoms with Crippen molar-refractivity contribution in [3.05, 3.63) is 69.1 Å². The van der Waals surface area contributed by atoms with Gasteiger partial charge in [0.15, 0.2) is 0 Å². The Morgan fingerprint density at radius 1 is 1.03 bits per heavy atom. The molecule has 0 amide bonds. The van der Waals surface area contributed by atoms with E-state index >= 15 is 0 Å². The summed E-state index contributed by atoms with van der Waals surface area (Å²) in [6, 6.07) is 13.3. The van der Waals surface area contributed by atoms with Crippen molar-refractivity contribution < 1.29 is 15.0 Å². The number of benzene rings is 2. The summed E-state index contributed by atoms with van der Waals surface area (Å²) in [4.78, 5) is 23.8. The maximum Gasteiger partial charge on any atom is 0.258 e. The van der Waals surface area contributed by atoms with E-state index in [1.54, 1.807) is 32.4 Å². The number of carbonyl (C=O) groups is 1. The van der Waals surface area contributed by atoms with Gasteiger partial charge in [-0.15, -0.1) is 12.8 Å². The number of terminal acetylenes is 1. The van der Waals surface area contributed by atoms with E-state index in [0.717, 1.165) is 35.5 Å². The normalized spacial score (nSPS) is 9.97. The Kier molecular flexibility index (Phi) is 12.3. The van der Waals surface area contributed by atoms with E-state index in [9.17, 15) is 9.59 Å². The van der Waals surface area contributed by atoms with Gasteiger partial charge >= 0.3 is 0 Å². The van der Waals surface area contributed by atoms with E-state index < -0.39 is 5.60 Å². The van der Waals surface area contributed by atoms with Crippen LogP contribution in [0.3, 0.4) is 0 Å². The van der Waals surface area contributed by atoms with E-state index in [0.29, 0.717) is 16.1 Å². The SMILES string of the molecule is C#C.CC(C)(C)O.CO.Cc1ccc2c(-c3ccc(Cl)cc3)c(CC=O)n(C)c(=O)c2c1. The minimum absolute atomic E-state index is 0.0849. The molecule has 0 bridgehead atoms. The standard InChI is InChI=1S/C19H16ClNO2.C4H10O.C2H2.CH4O/c1-12-3-8-15-16(11-12)19(23)21(2)17(9-10-22)18(15)13-4-6-14(20)7-5-13;1-4(2,3)5;2*1-2/h3-8,10-11H,9H2,1-2H3;5H,1-3H3;1-2H;2H,1H3. The summed E-state index contributed by atoms with van der Waals surface area (Å²) in [6.45, 7) is 7.19. The Bertz CT molecular complexity index is 1090. The fourth-order valence-corrected chi connectivity index (χ4v) is 3.06. The molecule has 2 aromatic carbocycles. The first-order valence-electron chi connectivity index (χ1n) is 9.85. The molecule has 0 atom stereocenters. The predicted molar refractivity (Wildman–Crippen MR) is 134 cm³/mol. The highest BCUT2D eigenvalue weighted by molar-refractivity contribution is 6.30. The van der Waals surface area contributed by atoms with Crippen LogP contribution in [0.2, 0.25) is 5.02 Å². The highest BCUT2D eigenvalue weighted by atomic mass is 35.5. The van der Waals surface area contributed by atoms with Crippen LogP contribution in [-0.2, 0) is 18.3 Å². The molecule has 0 saturated heterocycles. The van der Waals surface area contributed by atoms with Gasteiger partial charge in [0, 0.05) is 42.2 Å². The summed E-state index contributed by atoms with van der Waals surface area (Å²) < 4.78 is 1.57. The van der Waals surface area contributed by atoms with Crippen LogP contribution in [0.4, 0.5) is 0 Å². The van der Waals surface area contributed by atoms with Crippen molar-refractivity contribution >= 4 is 28.7 Å². The van der Waals surface area contributed by atoms with Gasteiger partial charge in [-0.1, -0.05) is 41.4 Å². The summed E-state index contributed by atoms with van der Waals surface area (Å²) in [7, 11) is 2.71. The largest absolute Gasteiger partial charge is 0.400 e. The second-order valence-electron chi connectivity index (χ2n) is 7.78. The van der Waals surface area contributed by atoms with E-state index in [4.69, 9.17) is 21.8 Å². The van der Waals surface area contributed by atoms with Crippen molar-refractivity contribution in [3.8, 4) is 24.0 Å². The van der Waals surface area contributed by atoms with Gasteiger partial charge in [-0.05, 0) is 56.8 Å². The molecule has 0 aliphatic rings. The van der Waals surface area contributed by atoms with Crippen LogP contribution in [-0.4, -0.2) is 33.8 Å². The van der Waals surface area contributed by atoms with Gasteiger partial charge in [0.05, 0.1) is 5.60 Å². The summed E-state index contributed by atoms with van der Waals surface area (Å²) in [6.07, 6.45) is 9.02. The Hall–Kier alpha value is -2.91. The van der Waals surface area contributed by atoms with Gasteiger partial charge < -0.3 is 19.6 Å². The number of aliphatic hydroxyl groups is 2. The molecule has 0 spiro atoms. The Morgan fingerprint density at radius 2 is 1.53 bits per heavy atom. The zero-order chi connectivity index (χ0) is 25.1. The molecule has 0 fully saturated rings. The van der Waals surface area contributed by atoms with Gasteiger partial charge in [0.2, 0.25) is 0 Å². The Balaban J connectivity index is 0.000000928. The predicted octanol–water partition coefficient (Wildman–Crippen LogP) is 4.54. The van der Waals surface area contributed by atoms with Crippen LogP contribution in [0.1, 0.15) is 32.0 Å². The third-order valence-electron chi connectivity index (χ3n) is 4.08. The van der Waals surface area contributed by atoms with Crippen molar-refractivity contribution in [3.63, 3.8) is 0 Å². The van der Waals surface area contributed by atoms with Crippen molar-refractivity contribution in [2.45, 2.75) is 39.7 Å². The highest BCUT2D eigenvalue weighted by Gasteiger charge is 2.16. The van der Waals surface area contributed by atoms with Crippen LogP contribution in [0.25, 0.3) is 21.9 Å². The molecular weight excluding hydrogens is 426 g/mol. The molecule has 3 aromatic rings. The lowest BCUT2D eigenvalue weighted by Crippen LogP contribution is -2.22. The van der Waals surface area contributed by atoms with E-state index in [1.807, 2.05) is 49.4 Å². The number of aldehydes is 1. The van der Waals surface area contributed by atoms with E-state index in [-0.39, 0.29) is 12.0 Å². The minimum atomic E-state index is -0.500. The number of aliphatic hydroxyl groups excluding tert-OH is 1. The molecule has 2 N–H and O–H groups in total. The fraction of sp³-hybridized carbons (Fsp3) is 0.308. The number of rotatable bonds is 3. The fourth-order valence-electron chi connectivity index (χ4n) is 2.94. The number of hydrogen-bond acceptors (Lipinski definition) is 4. The number of aromatic nitrogens is 1. The number of pyridine rings is 1. The molecule has 0 aliphatic heterocycles. The summed E-state index contributed by atoms with van der Waals surface area (Å²) in [5.41, 5.74) is 3.00. The van der Waals surface area contributed by atoms with Crippen molar-refractivity contribution in [1.29, 1.82) is 0 Å². The molecule has 1 aromatic heterocycles. The monoisotopic (exact) mass is 457 g/mol. The van der Waals surface area contributed by atoms with Crippen LogP contribution < -0.4 is 5.56 Å². The van der Waals surface area contributed by atoms with Crippen molar-refractivity contribution in [2.75, 3.05) is 7.11 Å². The molecule has 0 aliphatic carbocycles. The average Bonchev–Trinajstić information content (AvgIpc) is 2.75. The molecule has 32 heavy (non-hydrogen) atoms. The zero-order valence-electron chi connectivity index (χ0n) is 19.5. The van der Waals surface area contributed by atoms with Crippen LogP contribution in [0, 0.1) is 19.8 Å². The number of halogens is 1. The molecule has 5 nitrogen and oxygen atoms in total. The van der Waals surface area contributed by atoms with Gasteiger partial charge in [0.1, 0.15) is 6.29 Å². The topological polar surface area (TPSA) is 79.5 Å². The van der Waals surface area contributed by atoms with Gasteiger partial charge in [-0.2, -0.15) is 0 Å². The lowest BCUT2D eigenvalue weighted by Gasteiger charge is -2.16. The number of nitrogens with zero attached hydrogens (tertiary/aromatic N) is 1. The molecule has 172 valence electrons. The summed E-state index contributed by atoms with van der Waals surface area (Å²) in [5.74, 6) is 0. The summed E-state index contributed by atoms with van der Waals surface area (Å²) in [5, 5.41) is 17.7. The molecule has 0 saturated carbocycles. The van der Waals surface area contributed by atoms with Gasteiger partial charge in [0.25, 0.3) is 5.56 Å². The minimum Gasteiger partial charge on any atom is -0.400 e. The number of aryl methyl sites for hydroxylation is 1. The Labute approximate surface area is 195 Å². The molecular formula is C26H32ClNO4. The first-order chi connectivity index (χ1) is 15.0. The first-order valence-corrected chi connectivity index (χ1v) is 10.2. The lowest BCUT2D eigenvalue weighted by molar-refractivity contribution is -0.107. The zero-order valence-corrected chi connectivity index (χ0v) is 20.3. The first kappa shape index (κ1) is 29.1. The average molecular weight is 458 g/mol. The molecule has 0 unspecified atom stereocenters. The second kappa shape index (κ2) is 13.5. The quantitative estimate of drug-likeness (QED) is 0.447. The molecule has 1 heterocycles. The van der Waals surface area contributed by atoms with Crippen LogP contribution in [0.15, 0.2) is 47.3 Å². The van der Waals surface area contributed by atoms with Crippen molar-refractivity contribution in [2.24, 2.45) is 7.05 Å². The van der Waals surface area contributed by atoms with Crippen LogP contribution in [0.5, 0.6) is 0 Å². The van der Waals surface area contributed by atoms with Gasteiger partial charge in [-0.3, -0.25) is 4.79 Å². The number of fused-ring (bicyclic) bond motifs is 1.